The molecular formula is C18H19N3S. The molecule has 0 aliphatic rings. The van der Waals surface area contributed by atoms with Crippen LogP contribution >= 0.6 is 11.8 Å². The van der Waals surface area contributed by atoms with Gasteiger partial charge in [0.25, 0.3) is 0 Å². The molecule has 2 aromatic carbocycles. The highest BCUT2D eigenvalue weighted by molar-refractivity contribution is 7.99. The maximum Gasteiger partial charge on any atom is 0.192 e. The molecule has 0 spiro atoms. The van der Waals surface area contributed by atoms with Crippen molar-refractivity contribution in [2.75, 3.05) is 0 Å². The summed E-state index contributed by atoms with van der Waals surface area (Å²) in [7, 11) is 0. The second-order valence-electron chi connectivity index (χ2n) is 5.30. The highest BCUT2D eigenvalue weighted by Crippen LogP contribution is 2.35. The maximum atomic E-state index is 4.29. The number of benzene rings is 2. The van der Waals surface area contributed by atoms with E-state index in [0.29, 0.717) is 5.25 Å². The van der Waals surface area contributed by atoms with E-state index in [1.165, 1.54) is 16.3 Å². The van der Waals surface area contributed by atoms with Gasteiger partial charge in [-0.15, -0.1) is 16.8 Å². The van der Waals surface area contributed by atoms with Crippen molar-refractivity contribution in [3.63, 3.8) is 0 Å². The second-order valence-corrected chi connectivity index (χ2v) is 6.60. The number of rotatable bonds is 5. The first-order chi connectivity index (χ1) is 10.7. The summed E-state index contributed by atoms with van der Waals surface area (Å²) in [6.45, 7) is 8.72. The van der Waals surface area contributed by atoms with Crippen LogP contribution in [-0.4, -0.2) is 14.8 Å². The third-order valence-corrected chi connectivity index (χ3v) is 4.88. The Hall–Kier alpha value is -2.07. The van der Waals surface area contributed by atoms with Crippen LogP contribution in [0.25, 0.3) is 10.8 Å². The number of fused-ring (bicyclic) bond motifs is 1. The van der Waals surface area contributed by atoms with E-state index >= 15 is 0 Å². The fourth-order valence-electron chi connectivity index (χ4n) is 2.47. The average Bonchev–Trinajstić information content (AvgIpc) is 2.88. The molecule has 0 radical (unpaired) electrons. The van der Waals surface area contributed by atoms with Gasteiger partial charge in [-0.25, -0.2) is 0 Å². The number of hydrogen-bond donors (Lipinski definition) is 0. The monoisotopic (exact) mass is 309 g/mol. The Labute approximate surface area is 135 Å². The molecule has 4 heteroatoms. The molecule has 0 saturated carbocycles. The molecule has 0 amide bonds. The normalized spacial score (nSPS) is 12.5. The first-order valence-electron chi connectivity index (χ1n) is 7.35. The van der Waals surface area contributed by atoms with Gasteiger partial charge in [0.2, 0.25) is 0 Å². The molecule has 0 aliphatic carbocycles. The molecule has 3 nitrogen and oxygen atoms in total. The molecule has 22 heavy (non-hydrogen) atoms. The molecule has 112 valence electrons. The SMILES string of the molecule is C=CCn1c(C)nnc1SC(C)c1ccc2ccccc2c1. The molecule has 0 fully saturated rings. The minimum atomic E-state index is 0.316. The first kappa shape index (κ1) is 14.9. The second kappa shape index (κ2) is 6.36. The zero-order valence-corrected chi connectivity index (χ0v) is 13.7. The highest BCUT2D eigenvalue weighted by atomic mass is 32.2. The van der Waals surface area contributed by atoms with Crippen molar-refractivity contribution in [1.82, 2.24) is 14.8 Å². The topological polar surface area (TPSA) is 30.7 Å². The van der Waals surface area contributed by atoms with Crippen LogP contribution in [0.3, 0.4) is 0 Å². The standard InChI is InChI=1S/C18H19N3S/c1-4-11-21-14(3)19-20-18(21)22-13(2)16-10-9-15-7-5-6-8-17(15)12-16/h4-10,12-13H,1,11H2,2-3H3. The molecule has 1 aromatic heterocycles. The number of thioether (sulfide) groups is 1. The van der Waals surface area contributed by atoms with Crippen molar-refractivity contribution in [3.8, 4) is 0 Å². The van der Waals surface area contributed by atoms with E-state index < -0.39 is 0 Å². The van der Waals surface area contributed by atoms with Crippen LogP contribution in [0.15, 0.2) is 60.3 Å². The van der Waals surface area contributed by atoms with Gasteiger partial charge in [0.05, 0.1) is 0 Å². The van der Waals surface area contributed by atoms with Crippen molar-refractivity contribution >= 4 is 22.5 Å². The molecule has 1 atom stereocenters. The largest absolute Gasteiger partial charge is 0.302 e. The van der Waals surface area contributed by atoms with Crippen LogP contribution in [0, 0.1) is 6.92 Å². The first-order valence-corrected chi connectivity index (χ1v) is 8.23. The summed E-state index contributed by atoms with van der Waals surface area (Å²) in [5, 5.41) is 12.3. The summed E-state index contributed by atoms with van der Waals surface area (Å²) in [6, 6.07) is 15.1. The van der Waals surface area contributed by atoms with Gasteiger partial charge in [0, 0.05) is 11.8 Å². The average molecular weight is 309 g/mol. The number of aromatic nitrogens is 3. The number of hydrogen-bond acceptors (Lipinski definition) is 3. The fraction of sp³-hybridized carbons (Fsp3) is 0.222. The Morgan fingerprint density at radius 1 is 1.18 bits per heavy atom. The van der Waals surface area contributed by atoms with E-state index in [1.54, 1.807) is 11.8 Å². The van der Waals surface area contributed by atoms with Crippen LogP contribution in [0.2, 0.25) is 0 Å². The van der Waals surface area contributed by atoms with E-state index in [4.69, 9.17) is 0 Å². The summed E-state index contributed by atoms with van der Waals surface area (Å²) < 4.78 is 2.09. The Morgan fingerprint density at radius 2 is 1.95 bits per heavy atom. The molecule has 1 unspecified atom stereocenters. The molecule has 1 heterocycles. The van der Waals surface area contributed by atoms with Gasteiger partial charge in [-0.2, -0.15) is 0 Å². The quantitative estimate of drug-likeness (QED) is 0.502. The van der Waals surface area contributed by atoms with Gasteiger partial charge in [0.1, 0.15) is 5.82 Å². The Bertz CT molecular complexity index is 807. The van der Waals surface area contributed by atoms with Crippen LogP contribution in [0.1, 0.15) is 23.6 Å². The third-order valence-electron chi connectivity index (χ3n) is 3.74. The molecule has 3 aromatic rings. The van der Waals surface area contributed by atoms with Gasteiger partial charge < -0.3 is 4.57 Å². The van der Waals surface area contributed by atoms with Crippen molar-refractivity contribution in [1.29, 1.82) is 0 Å². The summed E-state index contributed by atoms with van der Waals surface area (Å²) in [5.74, 6) is 0.924. The zero-order valence-electron chi connectivity index (χ0n) is 12.9. The Balaban J connectivity index is 1.86. The number of aryl methyl sites for hydroxylation is 1. The molecule has 0 aliphatic heterocycles. The third kappa shape index (κ3) is 2.92. The van der Waals surface area contributed by atoms with Gasteiger partial charge in [0.15, 0.2) is 5.16 Å². The zero-order chi connectivity index (χ0) is 15.5. The van der Waals surface area contributed by atoms with Gasteiger partial charge in [-0.05, 0) is 30.2 Å². The van der Waals surface area contributed by atoms with Gasteiger partial charge >= 0.3 is 0 Å². The Morgan fingerprint density at radius 3 is 2.73 bits per heavy atom. The van der Waals surface area contributed by atoms with Crippen molar-refractivity contribution in [3.05, 3.63) is 66.5 Å². The minimum Gasteiger partial charge on any atom is -0.302 e. The molecular weight excluding hydrogens is 290 g/mol. The van der Waals surface area contributed by atoms with Crippen molar-refractivity contribution in [2.24, 2.45) is 0 Å². The van der Waals surface area contributed by atoms with Crippen LogP contribution in [0.4, 0.5) is 0 Å². The van der Waals surface area contributed by atoms with Crippen molar-refractivity contribution < 1.29 is 0 Å². The molecule has 0 bridgehead atoms. The summed E-state index contributed by atoms with van der Waals surface area (Å²) in [4.78, 5) is 0. The molecule has 3 rings (SSSR count). The van der Waals surface area contributed by atoms with E-state index in [9.17, 15) is 0 Å². The van der Waals surface area contributed by atoms with Gasteiger partial charge in [-0.1, -0.05) is 60.3 Å². The number of allylic oxidation sites excluding steroid dienone is 1. The molecule has 0 N–H and O–H groups in total. The highest BCUT2D eigenvalue weighted by Gasteiger charge is 2.14. The van der Waals surface area contributed by atoms with E-state index in [0.717, 1.165) is 17.5 Å². The van der Waals surface area contributed by atoms with Crippen LogP contribution in [-0.2, 0) is 6.54 Å². The lowest BCUT2D eigenvalue weighted by Gasteiger charge is -2.13. The predicted molar refractivity (Wildman–Crippen MR) is 93.2 cm³/mol. The van der Waals surface area contributed by atoms with Gasteiger partial charge in [-0.3, -0.25) is 0 Å². The lowest BCUT2D eigenvalue weighted by atomic mass is 10.1. The summed E-state index contributed by atoms with van der Waals surface area (Å²) >= 11 is 1.73. The number of nitrogens with zero attached hydrogens (tertiary/aromatic N) is 3. The fourth-order valence-corrected chi connectivity index (χ4v) is 3.50. The van der Waals surface area contributed by atoms with E-state index in [1.807, 2.05) is 13.0 Å². The van der Waals surface area contributed by atoms with Crippen LogP contribution < -0.4 is 0 Å². The van der Waals surface area contributed by atoms with E-state index in [2.05, 4.69) is 70.7 Å². The predicted octanol–water partition coefficient (Wildman–Crippen LogP) is 4.78. The lowest BCUT2D eigenvalue weighted by Crippen LogP contribution is -2.01. The van der Waals surface area contributed by atoms with Crippen LogP contribution in [0.5, 0.6) is 0 Å². The summed E-state index contributed by atoms with van der Waals surface area (Å²) in [5.41, 5.74) is 1.30. The minimum absolute atomic E-state index is 0.316. The summed E-state index contributed by atoms with van der Waals surface area (Å²) in [6.07, 6.45) is 1.88. The molecule has 0 saturated heterocycles. The van der Waals surface area contributed by atoms with E-state index in [-0.39, 0.29) is 0 Å². The maximum absolute atomic E-state index is 4.29. The van der Waals surface area contributed by atoms with Crippen molar-refractivity contribution in [2.45, 2.75) is 30.8 Å². The Kier molecular flexibility index (Phi) is 4.29. The smallest absolute Gasteiger partial charge is 0.192 e. The lowest BCUT2D eigenvalue weighted by molar-refractivity contribution is 0.702.